The first-order valence-corrected chi connectivity index (χ1v) is 9.29. The van der Waals surface area contributed by atoms with Gasteiger partial charge in [0.05, 0.1) is 4.90 Å². The van der Waals surface area contributed by atoms with Gasteiger partial charge in [0.1, 0.15) is 0 Å². The Kier molecular flexibility index (Phi) is 6.21. The molecule has 0 bridgehead atoms. The molecule has 0 aromatic heterocycles. The molecule has 1 aromatic rings. The largest absolute Gasteiger partial charge is 0.396 e. The molecule has 0 radical (unpaired) electrons. The summed E-state index contributed by atoms with van der Waals surface area (Å²) in [6, 6.07) is 6.72. The molecule has 118 valence electrons. The number of rotatable bonds is 7. The fourth-order valence-electron chi connectivity index (χ4n) is 2.92. The van der Waals surface area contributed by atoms with Gasteiger partial charge in [-0.25, -0.2) is 13.1 Å². The van der Waals surface area contributed by atoms with Crippen LogP contribution in [0.5, 0.6) is 0 Å². The minimum atomic E-state index is -3.41. The van der Waals surface area contributed by atoms with Gasteiger partial charge in [-0.05, 0) is 36.5 Å². The molecular formula is C16H25NO3S. The maximum atomic E-state index is 12.2. The van der Waals surface area contributed by atoms with Crippen molar-refractivity contribution < 1.29 is 13.5 Å². The van der Waals surface area contributed by atoms with Gasteiger partial charge in [0, 0.05) is 13.2 Å². The Balaban J connectivity index is 1.85. The van der Waals surface area contributed by atoms with E-state index in [9.17, 15) is 8.42 Å². The molecule has 0 spiro atoms. The van der Waals surface area contributed by atoms with Gasteiger partial charge >= 0.3 is 0 Å². The van der Waals surface area contributed by atoms with Crippen LogP contribution in [-0.4, -0.2) is 26.7 Å². The van der Waals surface area contributed by atoms with E-state index in [1.165, 1.54) is 32.1 Å². The summed E-state index contributed by atoms with van der Waals surface area (Å²) in [5.74, 6) is 0.674. The molecule has 0 saturated heterocycles. The van der Waals surface area contributed by atoms with Crippen LogP contribution in [0.2, 0.25) is 0 Å². The molecular weight excluding hydrogens is 286 g/mol. The first-order chi connectivity index (χ1) is 10.1. The molecule has 21 heavy (non-hydrogen) atoms. The highest BCUT2D eigenvalue weighted by Gasteiger charge is 2.16. The SMILES string of the molecule is O=S(=O)(NCCC1CCCCC1)c1ccc(CCO)cc1. The van der Waals surface area contributed by atoms with Gasteiger partial charge in [-0.2, -0.15) is 0 Å². The van der Waals surface area contributed by atoms with Gasteiger partial charge in [-0.1, -0.05) is 44.2 Å². The van der Waals surface area contributed by atoms with Crippen molar-refractivity contribution in [1.29, 1.82) is 0 Å². The van der Waals surface area contributed by atoms with Crippen LogP contribution in [0.3, 0.4) is 0 Å². The third-order valence-corrected chi connectivity index (χ3v) is 5.68. The van der Waals surface area contributed by atoms with Crippen LogP contribution in [0.25, 0.3) is 0 Å². The number of nitrogens with one attached hydrogen (secondary N) is 1. The zero-order valence-corrected chi connectivity index (χ0v) is 13.2. The molecule has 0 heterocycles. The summed E-state index contributed by atoms with van der Waals surface area (Å²) in [5.41, 5.74) is 0.943. The van der Waals surface area contributed by atoms with Crippen LogP contribution in [0.4, 0.5) is 0 Å². The Hall–Kier alpha value is -0.910. The number of aliphatic hydroxyl groups excluding tert-OH is 1. The molecule has 5 heteroatoms. The first-order valence-electron chi connectivity index (χ1n) is 7.81. The summed E-state index contributed by atoms with van der Waals surface area (Å²) in [4.78, 5) is 0.299. The number of aliphatic hydroxyl groups is 1. The van der Waals surface area contributed by atoms with E-state index >= 15 is 0 Å². The predicted octanol–water partition coefficient (Wildman–Crippen LogP) is 2.47. The Morgan fingerprint density at radius 2 is 1.76 bits per heavy atom. The topological polar surface area (TPSA) is 66.4 Å². The van der Waals surface area contributed by atoms with E-state index in [1.54, 1.807) is 24.3 Å². The van der Waals surface area contributed by atoms with Crippen molar-refractivity contribution in [2.75, 3.05) is 13.2 Å². The van der Waals surface area contributed by atoms with E-state index in [1.807, 2.05) is 0 Å². The zero-order chi connectivity index (χ0) is 15.1. The molecule has 1 aromatic carbocycles. The van der Waals surface area contributed by atoms with Gasteiger partial charge in [0.25, 0.3) is 0 Å². The van der Waals surface area contributed by atoms with Crippen molar-refractivity contribution >= 4 is 10.0 Å². The zero-order valence-electron chi connectivity index (χ0n) is 12.4. The van der Waals surface area contributed by atoms with Gasteiger partial charge in [0.15, 0.2) is 0 Å². The lowest BCUT2D eigenvalue weighted by Crippen LogP contribution is -2.26. The predicted molar refractivity (Wildman–Crippen MR) is 83.6 cm³/mol. The van der Waals surface area contributed by atoms with Crippen LogP contribution >= 0.6 is 0 Å². The molecule has 1 aliphatic rings. The number of benzene rings is 1. The standard InChI is InChI=1S/C16H25NO3S/c18-13-11-15-6-8-16(9-7-15)21(19,20)17-12-10-14-4-2-1-3-5-14/h6-9,14,17-18H,1-5,10-13H2. The molecule has 0 amide bonds. The van der Waals surface area contributed by atoms with E-state index in [2.05, 4.69) is 4.72 Å². The second-order valence-electron chi connectivity index (χ2n) is 5.81. The summed E-state index contributed by atoms with van der Waals surface area (Å²) >= 11 is 0. The summed E-state index contributed by atoms with van der Waals surface area (Å²) in [6.07, 6.45) is 7.84. The van der Waals surface area contributed by atoms with Crippen LogP contribution in [0, 0.1) is 5.92 Å². The molecule has 1 aliphatic carbocycles. The van der Waals surface area contributed by atoms with Crippen molar-refractivity contribution in [3.8, 4) is 0 Å². The van der Waals surface area contributed by atoms with Crippen LogP contribution in [-0.2, 0) is 16.4 Å². The summed E-state index contributed by atoms with van der Waals surface area (Å²) in [5, 5.41) is 8.86. The molecule has 2 N–H and O–H groups in total. The smallest absolute Gasteiger partial charge is 0.240 e. The number of hydrogen-bond acceptors (Lipinski definition) is 3. The summed E-state index contributed by atoms with van der Waals surface area (Å²) in [7, 11) is -3.41. The van der Waals surface area contributed by atoms with Gasteiger partial charge in [0.2, 0.25) is 10.0 Å². The monoisotopic (exact) mass is 311 g/mol. The average molecular weight is 311 g/mol. The molecule has 4 nitrogen and oxygen atoms in total. The van der Waals surface area contributed by atoms with Crippen LogP contribution in [0.15, 0.2) is 29.2 Å². The number of sulfonamides is 1. The summed E-state index contributed by atoms with van der Waals surface area (Å²) < 4.78 is 27.1. The molecule has 1 saturated carbocycles. The maximum absolute atomic E-state index is 12.2. The van der Waals surface area contributed by atoms with Gasteiger partial charge in [-0.3, -0.25) is 0 Å². The molecule has 2 rings (SSSR count). The maximum Gasteiger partial charge on any atom is 0.240 e. The van der Waals surface area contributed by atoms with E-state index in [-0.39, 0.29) is 6.61 Å². The second-order valence-corrected chi connectivity index (χ2v) is 7.57. The van der Waals surface area contributed by atoms with E-state index in [4.69, 9.17) is 5.11 Å². The Bertz CT molecular complexity index is 519. The highest BCUT2D eigenvalue weighted by Crippen LogP contribution is 2.25. The minimum Gasteiger partial charge on any atom is -0.396 e. The Labute approximate surface area is 127 Å². The first kappa shape index (κ1) is 16.5. The van der Waals surface area contributed by atoms with Gasteiger partial charge < -0.3 is 5.11 Å². The summed E-state index contributed by atoms with van der Waals surface area (Å²) in [6.45, 7) is 0.594. The fourth-order valence-corrected chi connectivity index (χ4v) is 3.97. The molecule has 0 unspecified atom stereocenters. The fraction of sp³-hybridized carbons (Fsp3) is 0.625. The lowest BCUT2D eigenvalue weighted by atomic mass is 9.87. The highest BCUT2D eigenvalue weighted by atomic mass is 32.2. The minimum absolute atomic E-state index is 0.0751. The second kappa shape index (κ2) is 7.92. The van der Waals surface area contributed by atoms with Crippen molar-refractivity contribution in [1.82, 2.24) is 4.72 Å². The van der Waals surface area contributed by atoms with Crippen molar-refractivity contribution in [2.24, 2.45) is 5.92 Å². The van der Waals surface area contributed by atoms with Crippen molar-refractivity contribution in [2.45, 2.75) is 49.8 Å². The highest BCUT2D eigenvalue weighted by molar-refractivity contribution is 7.89. The number of hydrogen-bond donors (Lipinski definition) is 2. The lowest BCUT2D eigenvalue weighted by molar-refractivity contribution is 0.299. The van der Waals surface area contributed by atoms with Crippen molar-refractivity contribution in [3.63, 3.8) is 0 Å². The van der Waals surface area contributed by atoms with Crippen LogP contribution < -0.4 is 4.72 Å². The van der Waals surface area contributed by atoms with E-state index in [0.717, 1.165) is 12.0 Å². The van der Waals surface area contributed by atoms with E-state index < -0.39 is 10.0 Å². The Morgan fingerprint density at radius 3 is 2.38 bits per heavy atom. The lowest BCUT2D eigenvalue weighted by Gasteiger charge is -2.21. The van der Waals surface area contributed by atoms with Crippen molar-refractivity contribution in [3.05, 3.63) is 29.8 Å². The third-order valence-electron chi connectivity index (χ3n) is 4.20. The quantitative estimate of drug-likeness (QED) is 0.813. The van der Waals surface area contributed by atoms with E-state index in [0.29, 0.717) is 23.8 Å². The third kappa shape index (κ3) is 5.09. The van der Waals surface area contributed by atoms with Crippen LogP contribution in [0.1, 0.15) is 44.1 Å². The molecule has 0 atom stereocenters. The average Bonchev–Trinajstić information content (AvgIpc) is 2.49. The molecule has 0 aliphatic heterocycles. The van der Waals surface area contributed by atoms with Gasteiger partial charge in [-0.15, -0.1) is 0 Å². The Morgan fingerprint density at radius 1 is 1.10 bits per heavy atom. The normalized spacial score (nSPS) is 17.0. The molecule has 1 fully saturated rings.